The summed E-state index contributed by atoms with van der Waals surface area (Å²) in [6.45, 7) is 0.328. The van der Waals surface area contributed by atoms with Crippen molar-refractivity contribution in [2.75, 3.05) is 0 Å². The molecule has 2 aromatic heterocycles. The Morgan fingerprint density at radius 2 is 2.35 bits per heavy atom. The molecule has 1 fully saturated rings. The van der Waals surface area contributed by atoms with E-state index in [9.17, 15) is 9.59 Å². The summed E-state index contributed by atoms with van der Waals surface area (Å²) in [6.07, 6.45) is 2.20. The zero-order valence-corrected chi connectivity index (χ0v) is 10.7. The lowest BCUT2D eigenvalue weighted by Crippen LogP contribution is -2.39. The molecule has 3 heterocycles. The summed E-state index contributed by atoms with van der Waals surface area (Å²) in [6, 6.07) is 5.35. The highest BCUT2D eigenvalue weighted by atomic mass is 16.5. The summed E-state index contributed by atoms with van der Waals surface area (Å²) in [5.74, 6) is 4.74. The van der Waals surface area contributed by atoms with E-state index in [1.807, 2.05) is 6.07 Å². The Morgan fingerprint density at radius 1 is 1.50 bits per heavy atom. The van der Waals surface area contributed by atoms with Crippen molar-refractivity contribution in [2.24, 2.45) is 5.84 Å². The Bertz CT molecular complexity index is 692. The molecule has 0 aliphatic carbocycles. The van der Waals surface area contributed by atoms with Gasteiger partial charge < -0.3 is 4.74 Å². The topological polar surface area (TPSA) is 104 Å². The molecule has 2 unspecified atom stereocenters. The van der Waals surface area contributed by atoms with Crippen LogP contribution in [0.5, 0.6) is 0 Å². The van der Waals surface area contributed by atoms with Gasteiger partial charge in [-0.05, 0) is 25.0 Å². The molecule has 0 aromatic carbocycles. The fourth-order valence-corrected chi connectivity index (χ4v) is 2.41. The molecule has 1 aliphatic rings. The van der Waals surface area contributed by atoms with Gasteiger partial charge in [-0.1, -0.05) is 6.07 Å². The smallest absolute Gasteiger partial charge is 0.350 e. The molecule has 3 rings (SSSR count). The SMILES string of the molecule is NNC(=O)C1CCC(Cn2nc3ccccn3c2=O)O1. The molecule has 106 valence electrons. The Morgan fingerprint density at radius 3 is 3.10 bits per heavy atom. The highest BCUT2D eigenvalue weighted by Crippen LogP contribution is 2.20. The molecule has 0 saturated carbocycles. The van der Waals surface area contributed by atoms with Crippen LogP contribution in [0.2, 0.25) is 0 Å². The molecule has 1 amide bonds. The molecule has 1 aliphatic heterocycles. The number of aromatic nitrogens is 3. The highest BCUT2D eigenvalue weighted by molar-refractivity contribution is 5.80. The molecule has 0 radical (unpaired) electrons. The molecule has 8 heteroatoms. The monoisotopic (exact) mass is 277 g/mol. The molecule has 0 bridgehead atoms. The first-order valence-electron chi connectivity index (χ1n) is 6.39. The number of pyridine rings is 1. The summed E-state index contributed by atoms with van der Waals surface area (Å²) in [4.78, 5) is 23.5. The maximum absolute atomic E-state index is 12.1. The first-order chi connectivity index (χ1) is 9.69. The largest absolute Gasteiger partial charge is 0.363 e. The Labute approximate surface area is 114 Å². The van der Waals surface area contributed by atoms with E-state index in [1.54, 1.807) is 18.3 Å². The Hall–Kier alpha value is -2.19. The van der Waals surface area contributed by atoms with Crippen LogP contribution in [-0.4, -0.2) is 32.3 Å². The van der Waals surface area contributed by atoms with E-state index < -0.39 is 6.10 Å². The van der Waals surface area contributed by atoms with Crippen molar-refractivity contribution in [1.82, 2.24) is 19.6 Å². The second kappa shape index (κ2) is 5.06. The van der Waals surface area contributed by atoms with Crippen molar-refractivity contribution in [3.05, 3.63) is 34.9 Å². The van der Waals surface area contributed by atoms with Crippen LogP contribution >= 0.6 is 0 Å². The van der Waals surface area contributed by atoms with Gasteiger partial charge in [0.05, 0.1) is 12.6 Å². The fourth-order valence-electron chi connectivity index (χ4n) is 2.41. The lowest BCUT2D eigenvalue weighted by molar-refractivity contribution is -0.132. The number of hydrogen-bond donors (Lipinski definition) is 2. The predicted molar refractivity (Wildman–Crippen MR) is 69.7 cm³/mol. The lowest BCUT2D eigenvalue weighted by atomic mass is 10.2. The molecule has 3 N–H and O–H groups in total. The van der Waals surface area contributed by atoms with Crippen LogP contribution in [0.3, 0.4) is 0 Å². The molecular formula is C12H15N5O3. The van der Waals surface area contributed by atoms with E-state index in [0.29, 0.717) is 25.0 Å². The minimum Gasteiger partial charge on any atom is -0.363 e. The average molecular weight is 277 g/mol. The standard InChI is InChI=1S/C12H15N5O3/c13-14-11(18)9-5-4-8(20-9)7-17-12(19)16-6-2-1-3-10(16)15-17/h1-3,6,8-9H,4-5,7,13H2,(H,14,18). The summed E-state index contributed by atoms with van der Waals surface area (Å²) >= 11 is 0. The molecular weight excluding hydrogens is 262 g/mol. The summed E-state index contributed by atoms with van der Waals surface area (Å²) in [5.41, 5.74) is 2.45. The maximum Gasteiger partial charge on any atom is 0.350 e. The number of fused-ring (bicyclic) bond motifs is 1. The van der Waals surface area contributed by atoms with Gasteiger partial charge in [-0.15, -0.1) is 5.10 Å². The van der Waals surface area contributed by atoms with Crippen LogP contribution in [0.25, 0.3) is 5.65 Å². The van der Waals surface area contributed by atoms with Gasteiger partial charge in [0.2, 0.25) is 0 Å². The minimum atomic E-state index is -0.544. The second-order valence-corrected chi connectivity index (χ2v) is 4.73. The number of hydrazine groups is 1. The zero-order chi connectivity index (χ0) is 14.1. The first kappa shape index (κ1) is 12.8. The molecule has 0 spiro atoms. The number of carbonyl (C=O) groups excluding carboxylic acids is 1. The van der Waals surface area contributed by atoms with Crippen molar-refractivity contribution in [3.63, 3.8) is 0 Å². The minimum absolute atomic E-state index is 0.208. The number of carbonyl (C=O) groups is 1. The van der Waals surface area contributed by atoms with Crippen molar-refractivity contribution in [2.45, 2.75) is 31.6 Å². The third kappa shape index (κ3) is 2.19. The van der Waals surface area contributed by atoms with Crippen LogP contribution in [-0.2, 0) is 16.1 Å². The van der Waals surface area contributed by atoms with E-state index in [4.69, 9.17) is 10.6 Å². The first-order valence-corrected chi connectivity index (χ1v) is 6.39. The van der Waals surface area contributed by atoms with Crippen LogP contribution in [0.1, 0.15) is 12.8 Å². The van der Waals surface area contributed by atoms with Gasteiger partial charge in [0, 0.05) is 6.20 Å². The van der Waals surface area contributed by atoms with Crippen LogP contribution in [0, 0.1) is 0 Å². The van der Waals surface area contributed by atoms with Gasteiger partial charge in [0.25, 0.3) is 5.91 Å². The number of nitrogens with one attached hydrogen (secondary N) is 1. The number of rotatable bonds is 3. The summed E-state index contributed by atoms with van der Waals surface area (Å²) in [7, 11) is 0. The van der Waals surface area contributed by atoms with Crippen molar-refractivity contribution in [3.8, 4) is 0 Å². The highest BCUT2D eigenvalue weighted by Gasteiger charge is 2.31. The number of ether oxygens (including phenoxy) is 1. The zero-order valence-electron chi connectivity index (χ0n) is 10.7. The molecule has 2 atom stereocenters. The number of nitrogens with zero attached hydrogens (tertiary/aromatic N) is 3. The summed E-state index contributed by atoms with van der Waals surface area (Å²) < 4.78 is 8.40. The quantitative estimate of drug-likeness (QED) is 0.427. The number of amides is 1. The maximum atomic E-state index is 12.1. The number of nitrogens with two attached hydrogens (primary N) is 1. The van der Waals surface area contributed by atoms with Gasteiger partial charge in [-0.2, -0.15) is 0 Å². The van der Waals surface area contributed by atoms with Crippen LogP contribution in [0.4, 0.5) is 0 Å². The van der Waals surface area contributed by atoms with Crippen LogP contribution < -0.4 is 17.0 Å². The Kier molecular flexibility index (Phi) is 3.25. The molecule has 1 saturated heterocycles. The van der Waals surface area contributed by atoms with E-state index in [0.717, 1.165) is 0 Å². The third-order valence-electron chi connectivity index (χ3n) is 3.41. The molecule has 8 nitrogen and oxygen atoms in total. The van der Waals surface area contributed by atoms with Crippen molar-refractivity contribution >= 4 is 11.6 Å². The van der Waals surface area contributed by atoms with Crippen LogP contribution in [0.15, 0.2) is 29.2 Å². The second-order valence-electron chi connectivity index (χ2n) is 4.73. The van der Waals surface area contributed by atoms with E-state index in [2.05, 4.69) is 10.5 Å². The Balaban J connectivity index is 1.76. The van der Waals surface area contributed by atoms with E-state index in [-0.39, 0.29) is 17.7 Å². The lowest BCUT2D eigenvalue weighted by Gasteiger charge is -2.11. The van der Waals surface area contributed by atoms with E-state index >= 15 is 0 Å². The van der Waals surface area contributed by atoms with Crippen molar-refractivity contribution < 1.29 is 9.53 Å². The fraction of sp³-hybridized carbons (Fsp3) is 0.417. The van der Waals surface area contributed by atoms with Gasteiger partial charge in [0.15, 0.2) is 5.65 Å². The van der Waals surface area contributed by atoms with Gasteiger partial charge in [-0.25, -0.2) is 15.3 Å². The van der Waals surface area contributed by atoms with E-state index in [1.165, 1.54) is 9.08 Å². The predicted octanol–water partition coefficient (Wildman–Crippen LogP) is -0.966. The van der Waals surface area contributed by atoms with Gasteiger partial charge >= 0.3 is 5.69 Å². The van der Waals surface area contributed by atoms with Gasteiger partial charge in [0.1, 0.15) is 6.10 Å². The molecule has 20 heavy (non-hydrogen) atoms. The number of hydrogen-bond acceptors (Lipinski definition) is 5. The normalized spacial score (nSPS) is 22.2. The average Bonchev–Trinajstić information content (AvgIpc) is 3.05. The molecule has 2 aromatic rings. The van der Waals surface area contributed by atoms with Crippen molar-refractivity contribution in [1.29, 1.82) is 0 Å². The van der Waals surface area contributed by atoms with Gasteiger partial charge in [-0.3, -0.25) is 14.6 Å². The summed E-state index contributed by atoms with van der Waals surface area (Å²) in [5, 5.41) is 4.23. The third-order valence-corrected chi connectivity index (χ3v) is 3.41.